The van der Waals surface area contributed by atoms with Crippen LogP contribution in [-0.2, 0) is 22.8 Å². The van der Waals surface area contributed by atoms with Crippen LogP contribution in [0.4, 0.5) is 10.2 Å². The lowest BCUT2D eigenvalue weighted by molar-refractivity contribution is -0.119. The molecule has 234 valence electrons. The van der Waals surface area contributed by atoms with E-state index in [4.69, 9.17) is 4.74 Å². The van der Waals surface area contributed by atoms with E-state index in [1.807, 2.05) is 20.8 Å². The van der Waals surface area contributed by atoms with Crippen molar-refractivity contribution < 1.29 is 18.7 Å². The fourth-order valence-corrected chi connectivity index (χ4v) is 6.40. The number of hydrogen-bond donors (Lipinski definition) is 2. The minimum absolute atomic E-state index is 0.00689. The Morgan fingerprint density at radius 3 is 2.44 bits per heavy atom. The van der Waals surface area contributed by atoms with Crippen LogP contribution in [0.2, 0.25) is 0 Å². The molecule has 1 atom stereocenters. The molecule has 12 heteroatoms. The van der Waals surface area contributed by atoms with Crippen LogP contribution in [0.5, 0.6) is 0 Å². The Morgan fingerprint density at radius 2 is 1.84 bits per heavy atom. The largest absolute Gasteiger partial charge is 0.358 e. The molecule has 0 radical (unpaired) electrons. The third kappa shape index (κ3) is 7.46. The first-order valence-corrected chi connectivity index (χ1v) is 18.1. The number of ether oxygens (including phenoxy) is 1. The highest BCUT2D eigenvalue weighted by Gasteiger charge is 2.48. The number of aryl methyl sites for hydroxylation is 2. The Bertz CT molecular complexity index is 1460. The molecule has 1 unspecified atom stereocenters. The SMILES string of the molecule is CCn1nccc1C(=O)NC(C(=O)Nc1ncc(-c2c(C)nn(COCCS(C)(C)C)c2C)cc1F)C(C1CC1)C1CC1. The minimum Gasteiger partial charge on any atom is -0.358 e. The average Bonchev–Trinajstić information content (AvgIpc) is 3.88. The number of hydrogen-bond acceptors (Lipinski definition) is 6. The maximum atomic E-state index is 15.5. The standard InChI is InChI=1S/C31H44FN7O3S/c1-7-38-25(12-13-34-38)30(40)35-28(27(21-8-9-21)22-10-11-22)31(41)36-29-24(32)16-23(17-33-29)26-19(2)37-39(20(26)3)18-42-14-15-43(4,5)6/h12-13,16-17,21-22,27-28H,7-11,14-15,18H2,1-6H3,(H,35,40)(H,33,36,41). The summed E-state index contributed by atoms with van der Waals surface area (Å²) in [6, 6.07) is 2.22. The van der Waals surface area contributed by atoms with Crippen LogP contribution < -0.4 is 10.6 Å². The Labute approximate surface area is 254 Å². The minimum atomic E-state index is -0.795. The molecule has 0 aliphatic heterocycles. The van der Waals surface area contributed by atoms with Crippen molar-refractivity contribution in [2.24, 2.45) is 17.8 Å². The van der Waals surface area contributed by atoms with E-state index < -0.39 is 27.8 Å². The molecule has 10 nitrogen and oxygen atoms in total. The number of carbonyl (C=O) groups is 2. The summed E-state index contributed by atoms with van der Waals surface area (Å²) in [7, 11) is -0.643. The number of carbonyl (C=O) groups excluding carboxylic acids is 2. The van der Waals surface area contributed by atoms with Gasteiger partial charge in [0.15, 0.2) is 11.6 Å². The van der Waals surface area contributed by atoms with Gasteiger partial charge in [0.05, 0.1) is 12.3 Å². The molecule has 2 amide bonds. The second-order valence-electron chi connectivity index (χ2n) is 12.7. The van der Waals surface area contributed by atoms with Gasteiger partial charge < -0.3 is 15.4 Å². The normalized spacial score (nSPS) is 16.4. The van der Waals surface area contributed by atoms with E-state index in [0.29, 0.717) is 43.0 Å². The van der Waals surface area contributed by atoms with Crippen molar-refractivity contribution in [3.63, 3.8) is 0 Å². The van der Waals surface area contributed by atoms with Crippen LogP contribution in [0.1, 0.15) is 54.5 Å². The zero-order valence-electron chi connectivity index (χ0n) is 26.0. The van der Waals surface area contributed by atoms with Gasteiger partial charge in [-0.3, -0.25) is 14.3 Å². The number of rotatable bonds is 14. The summed E-state index contributed by atoms with van der Waals surface area (Å²) in [5.74, 6) is 0.152. The van der Waals surface area contributed by atoms with E-state index in [9.17, 15) is 9.59 Å². The summed E-state index contributed by atoms with van der Waals surface area (Å²) < 4.78 is 24.7. The van der Waals surface area contributed by atoms with Crippen LogP contribution in [0.15, 0.2) is 24.5 Å². The number of nitrogens with zero attached hydrogens (tertiary/aromatic N) is 5. The molecule has 0 saturated heterocycles. The molecule has 0 bridgehead atoms. The first-order valence-electron chi connectivity index (χ1n) is 15.0. The lowest BCUT2D eigenvalue weighted by Gasteiger charge is -2.27. The van der Waals surface area contributed by atoms with Crippen molar-refractivity contribution >= 4 is 27.7 Å². The molecular weight excluding hydrogens is 569 g/mol. The predicted molar refractivity (Wildman–Crippen MR) is 168 cm³/mol. The van der Waals surface area contributed by atoms with Crippen molar-refractivity contribution in [3.8, 4) is 11.1 Å². The zero-order chi connectivity index (χ0) is 30.9. The van der Waals surface area contributed by atoms with Gasteiger partial charge in [0, 0.05) is 41.5 Å². The van der Waals surface area contributed by atoms with E-state index >= 15 is 4.39 Å². The Morgan fingerprint density at radius 1 is 1.14 bits per heavy atom. The van der Waals surface area contributed by atoms with Gasteiger partial charge in [-0.1, -0.05) is 0 Å². The van der Waals surface area contributed by atoms with E-state index in [0.717, 1.165) is 48.4 Å². The highest BCUT2D eigenvalue weighted by atomic mass is 32.3. The number of amides is 2. The van der Waals surface area contributed by atoms with Crippen LogP contribution in [0.3, 0.4) is 0 Å². The maximum absolute atomic E-state index is 15.5. The van der Waals surface area contributed by atoms with Gasteiger partial charge in [0.1, 0.15) is 18.5 Å². The van der Waals surface area contributed by atoms with Crippen molar-refractivity contribution in [3.05, 3.63) is 47.4 Å². The lowest BCUT2D eigenvalue weighted by atomic mass is 9.88. The van der Waals surface area contributed by atoms with E-state index in [2.05, 4.69) is 44.6 Å². The van der Waals surface area contributed by atoms with Gasteiger partial charge in [0.25, 0.3) is 5.91 Å². The fraction of sp³-hybridized carbons (Fsp3) is 0.581. The van der Waals surface area contributed by atoms with E-state index in [1.165, 1.54) is 6.07 Å². The zero-order valence-corrected chi connectivity index (χ0v) is 26.8. The Hall–Kier alpha value is -3.25. The molecule has 3 aromatic rings. The molecule has 2 aliphatic rings. The third-order valence-electron chi connectivity index (χ3n) is 8.34. The monoisotopic (exact) mass is 613 g/mol. The van der Waals surface area contributed by atoms with Gasteiger partial charge >= 0.3 is 0 Å². The summed E-state index contributed by atoms with van der Waals surface area (Å²) in [5, 5.41) is 14.5. The third-order valence-corrected chi connectivity index (χ3v) is 9.73. The number of pyridine rings is 1. The number of anilines is 1. The Kier molecular flexibility index (Phi) is 9.26. The lowest BCUT2D eigenvalue weighted by Crippen LogP contribution is -2.50. The van der Waals surface area contributed by atoms with Gasteiger partial charge in [-0.2, -0.15) is 10.2 Å². The second kappa shape index (κ2) is 12.8. The first kappa shape index (κ1) is 31.2. The van der Waals surface area contributed by atoms with Crippen molar-refractivity contribution in [2.45, 2.75) is 65.8 Å². The number of nitrogens with one attached hydrogen (secondary N) is 2. The number of aromatic nitrogens is 5. The topological polar surface area (TPSA) is 116 Å². The quantitative estimate of drug-likeness (QED) is 0.254. The molecule has 3 heterocycles. The molecule has 43 heavy (non-hydrogen) atoms. The van der Waals surface area contributed by atoms with Crippen molar-refractivity contribution in [1.82, 2.24) is 29.9 Å². The number of halogens is 1. The summed E-state index contributed by atoms with van der Waals surface area (Å²) >= 11 is 0. The molecule has 2 aliphatic carbocycles. The molecule has 5 rings (SSSR count). The van der Waals surface area contributed by atoms with Crippen LogP contribution >= 0.6 is 10.0 Å². The summed E-state index contributed by atoms with van der Waals surface area (Å²) in [4.78, 5) is 31.3. The van der Waals surface area contributed by atoms with Crippen LogP contribution in [0, 0.1) is 37.4 Å². The van der Waals surface area contributed by atoms with Gasteiger partial charge in [-0.25, -0.2) is 24.1 Å². The van der Waals surface area contributed by atoms with Gasteiger partial charge in [-0.05, 0) is 95.1 Å². The van der Waals surface area contributed by atoms with Gasteiger partial charge in [0.2, 0.25) is 5.91 Å². The summed E-state index contributed by atoms with van der Waals surface area (Å²) in [6.45, 7) is 7.21. The first-order chi connectivity index (χ1) is 20.5. The average molecular weight is 614 g/mol. The maximum Gasteiger partial charge on any atom is 0.270 e. The van der Waals surface area contributed by atoms with Crippen LogP contribution in [-0.4, -0.2) is 73.5 Å². The van der Waals surface area contributed by atoms with Crippen molar-refractivity contribution in [1.29, 1.82) is 0 Å². The molecule has 0 aromatic carbocycles. The van der Waals surface area contributed by atoms with E-state index in [1.54, 1.807) is 27.8 Å². The van der Waals surface area contributed by atoms with E-state index in [-0.39, 0.29) is 17.6 Å². The summed E-state index contributed by atoms with van der Waals surface area (Å²) in [5.41, 5.74) is 3.35. The predicted octanol–water partition coefficient (Wildman–Crippen LogP) is 4.76. The molecule has 2 N–H and O–H groups in total. The highest BCUT2D eigenvalue weighted by molar-refractivity contribution is 8.32. The smallest absolute Gasteiger partial charge is 0.270 e. The highest BCUT2D eigenvalue weighted by Crippen LogP contribution is 2.51. The second-order valence-corrected chi connectivity index (χ2v) is 17.2. The van der Waals surface area contributed by atoms with Gasteiger partial charge in [-0.15, -0.1) is 0 Å². The molecule has 0 spiro atoms. The molecule has 2 fully saturated rings. The molecule has 2 saturated carbocycles. The van der Waals surface area contributed by atoms with Crippen LogP contribution in [0.25, 0.3) is 11.1 Å². The van der Waals surface area contributed by atoms with Crippen molar-refractivity contribution in [2.75, 3.05) is 36.4 Å². The Balaban J connectivity index is 1.32. The molecule has 3 aromatic heterocycles. The fourth-order valence-electron chi connectivity index (χ4n) is 5.78. The summed E-state index contributed by atoms with van der Waals surface area (Å²) in [6.07, 6.45) is 14.0. The molecular formula is C31H44FN7O3S.